The van der Waals surface area contributed by atoms with Crippen molar-refractivity contribution in [3.63, 3.8) is 0 Å². The maximum absolute atomic E-state index is 10.4. The summed E-state index contributed by atoms with van der Waals surface area (Å²) in [5.74, 6) is 0. The van der Waals surface area contributed by atoms with E-state index in [4.69, 9.17) is 0 Å². The highest BCUT2D eigenvalue weighted by Gasteiger charge is 2.22. The second-order valence-corrected chi connectivity index (χ2v) is 6.11. The number of rotatable bonds is 1. The van der Waals surface area contributed by atoms with Crippen molar-refractivity contribution in [3.8, 4) is 0 Å². The lowest BCUT2D eigenvalue weighted by atomic mass is 10.2. The normalized spacial score (nSPS) is 20.5. The van der Waals surface area contributed by atoms with Crippen molar-refractivity contribution < 1.29 is 18.3 Å². The molecule has 8 heteroatoms. The molecular formula is C13H18N4O3S. The average Bonchev–Trinajstić information content (AvgIpc) is 2.47. The van der Waals surface area contributed by atoms with E-state index in [2.05, 4.69) is 20.9 Å². The van der Waals surface area contributed by atoms with Gasteiger partial charge in [-0.15, -0.1) is 0 Å². The summed E-state index contributed by atoms with van der Waals surface area (Å²) in [6, 6.07) is 6.14. The van der Waals surface area contributed by atoms with E-state index < -0.39 is 10.1 Å². The van der Waals surface area contributed by atoms with Crippen molar-refractivity contribution in [1.82, 2.24) is 10.6 Å². The van der Waals surface area contributed by atoms with E-state index in [-0.39, 0.29) is 4.90 Å². The van der Waals surface area contributed by atoms with Crippen LogP contribution >= 0.6 is 0 Å². The molecule has 1 unspecified atom stereocenters. The van der Waals surface area contributed by atoms with E-state index in [0.717, 1.165) is 18.8 Å². The maximum atomic E-state index is 10.4. The van der Waals surface area contributed by atoms with Crippen LogP contribution in [-0.4, -0.2) is 38.6 Å². The Balaban J connectivity index is 0.000000154. The lowest BCUT2D eigenvalue weighted by Crippen LogP contribution is -2.90. The van der Waals surface area contributed by atoms with Gasteiger partial charge in [0.25, 0.3) is 0 Å². The molecule has 1 aromatic rings. The Labute approximate surface area is 123 Å². The number of nitrogens with zero attached hydrogens (tertiary/aromatic N) is 1. The average molecular weight is 310 g/mol. The molecule has 0 spiro atoms. The topological polar surface area (TPSA) is 110 Å². The third-order valence-electron chi connectivity index (χ3n) is 3.09. The van der Waals surface area contributed by atoms with Crippen LogP contribution in [0.2, 0.25) is 0 Å². The minimum Gasteiger partial charge on any atom is -0.744 e. The fraction of sp³-hybridized carbons (Fsp3) is 0.308. The standard InChI is InChI=1S/C7H8O3S.C6H10N4/c1-6-2-4-7(5-3-6)11(8,9)10;1-5-6(10-3-7-1)2-8-4-9-5/h2-5H,1H3,(H,8,9,10);1,3,6,8-9H,2,4H2,(H,7,10). The zero-order valence-corrected chi connectivity index (χ0v) is 12.4. The Morgan fingerprint density at radius 3 is 2.67 bits per heavy atom. The van der Waals surface area contributed by atoms with Crippen LogP contribution in [0.1, 0.15) is 5.56 Å². The van der Waals surface area contributed by atoms with Gasteiger partial charge in [-0.2, -0.15) is 0 Å². The van der Waals surface area contributed by atoms with Crippen molar-refractivity contribution in [2.75, 3.05) is 13.2 Å². The maximum Gasteiger partial charge on any atom is 0.149 e. The highest BCUT2D eigenvalue weighted by atomic mass is 32.2. The Morgan fingerprint density at radius 1 is 1.33 bits per heavy atom. The molecule has 7 nitrogen and oxygen atoms in total. The van der Waals surface area contributed by atoms with Gasteiger partial charge in [0.1, 0.15) is 28.5 Å². The summed E-state index contributed by atoms with van der Waals surface area (Å²) in [4.78, 5) is 4.08. The molecule has 2 heterocycles. The van der Waals surface area contributed by atoms with E-state index in [1.54, 1.807) is 18.5 Å². The van der Waals surface area contributed by atoms with Crippen LogP contribution in [0.3, 0.4) is 0 Å². The minimum atomic E-state index is -4.27. The zero-order chi connectivity index (χ0) is 15.3. The lowest BCUT2D eigenvalue weighted by molar-refractivity contribution is -0.621. The van der Waals surface area contributed by atoms with Crippen molar-refractivity contribution >= 4 is 16.5 Å². The molecular weight excluding hydrogens is 292 g/mol. The molecule has 4 N–H and O–H groups in total. The number of fused-ring (bicyclic) bond motifs is 1. The summed E-state index contributed by atoms with van der Waals surface area (Å²) in [6.07, 6.45) is 3.76. The van der Waals surface area contributed by atoms with E-state index >= 15 is 0 Å². The molecule has 0 saturated carbocycles. The van der Waals surface area contributed by atoms with E-state index in [1.807, 2.05) is 13.1 Å². The number of benzene rings is 1. The Bertz CT molecular complexity index is 638. The van der Waals surface area contributed by atoms with Gasteiger partial charge in [0.2, 0.25) is 0 Å². The second kappa shape index (κ2) is 6.81. The van der Waals surface area contributed by atoms with Gasteiger partial charge in [0.15, 0.2) is 0 Å². The van der Waals surface area contributed by atoms with Crippen LogP contribution < -0.4 is 16.0 Å². The van der Waals surface area contributed by atoms with Crippen molar-refractivity contribution in [1.29, 1.82) is 0 Å². The first kappa shape index (κ1) is 15.6. The molecule has 114 valence electrons. The van der Waals surface area contributed by atoms with Crippen LogP contribution in [0.4, 0.5) is 0 Å². The highest BCUT2D eigenvalue weighted by molar-refractivity contribution is 7.85. The van der Waals surface area contributed by atoms with Crippen molar-refractivity contribution in [3.05, 3.63) is 41.7 Å². The van der Waals surface area contributed by atoms with Crippen molar-refractivity contribution in [2.45, 2.75) is 17.9 Å². The predicted octanol–water partition coefficient (Wildman–Crippen LogP) is -1.15. The first-order valence-electron chi connectivity index (χ1n) is 6.51. The molecule has 0 aromatic heterocycles. The Hall–Kier alpha value is -1.74. The van der Waals surface area contributed by atoms with E-state index in [1.165, 1.54) is 17.8 Å². The van der Waals surface area contributed by atoms with Crippen LogP contribution in [0.15, 0.2) is 46.1 Å². The molecule has 2 aliphatic heterocycles. The number of aliphatic imine (C=N–C) groups is 1. The quantitative estimate of drug-likeness (QED) is 0.567. The predicted molar refractivity (Wildman–Crippen MR) is 77.4 cm³/mol. The molecule has 0 amide bonds. The van der Waals surface area contributed by atoms with Crippen LogP contribution in [-0.2, 0) is 10.1 Å². The lowest BCUT2D eigenvalue weighted by Gasteiger charge is -2.22. The summed E-state index contributed by atoms with van der Waals surface area (Å²) in [6.45, 7) is 3.77. The summed E-state index contributed by atoms with van der Waals surface area (Å²) in [7, 11) is -4.27. The van der Waals surface area contributed by atoms with Crippen LogP contribution in [0, 0.1) is 6.92 Å². The molecule has 1 atom stereocenters. The van der Waals surface area contributed by atoms with Crippen LogP contribution in [0.5, 0.6) is 0 Å². The number of hydrogen-bond donors (Lipinski definition) is 3. The fourth-order valence-corrected chi connectivity index (χ4v) is 2.40. The molecule has 2 aliphatic rings. The fourth-order valence-electron chi connectivity index (χ4n) is 1.93. The number of hydrogen-bond acceptors (Lipinski definition) is 6. The minimum absolute atomic E-state index is 0.178. The molecule has 21 heavy (non-hydrogen) atoms. The zero-order valence-electron chi connectivity index (χ0n) is 11.6. The van der Waals surface area contributed by atoms with E-state index in [9.17, 15) is 13.0 Å². The van der Waals surface area contributed by atoms with Gasteiger partial charge in [-0.05, 0) is 19.1 Å². The molecule has 0 radical (unpaired) electrons. The molecule has 0 bridgehead atoms. The smallest absolute Gasteiger partial charge is 0.149 e. The number of aryl methyl sites for hydroxylation is 1. The Kier molecular flexibility index (Phi) is 5.07. The Morgan fingerprint density at radius 2 is 2.05 bits per heavy atom. The summed E-state index contributed by atoms with van der Waals surface area (Å²) in [5.41, 5.74) is 2.23. The van der Waals surface area contributed by atoms with Gasteiger partial charge in [-0.25, -0.2) is 8.42 Å². The summed E-state index contributed by atoms with van der Waals surface area (Å²) < 4.78 is 31.2. The van der Waals surface area contributed by atoms with Gasteiger partial charge >= 0.3 is 0 Å². The third kappa shape index (κ3) is 4.64. The van der Waals surface area contributed by atoms with Gasteiger partial charge < -0.3 is 15.2 Å². The first-order chi connectivity index (χ1) is 9.97. The highest BCUT2D eigenvalue weighted by Crippen LogP contribution is 2.08. The molecule has 0 aliphatic carbocycles. The summed E-state index contributed by atoms with van der Waals surface area (Å²) in [5, 5.41) is 8.38. The van der Waals surface area contributed by atoms with Gasteiger partial charge in [-0.1, -0.05) is 17.7 Å². The second-order valence-electron chi connectivity index (χ2n) is 4.73. The van der Waals surface area contributed by atoms with Crippen molar-refractivity contribution in [2.24, 2.45) is 4.99 Å². The van der Waals surface area contributed by atoms with E-state index in [0.29, 0.717) is 6.04 Å². The third-order valence-corrected chi connectivity index (χ3v) is 3.94. The molecule has 1 fully saturated rings. The number of nitrogens with one attached hydrogen (secondary N) is 2. The monoisotopic (exact) mass is 310 g/mol. The SMILES string of the molecule is C1=NC2CNC[NH2+]C2=CN1.Cc1ccc(S(=O)(=O)[O-])cc1. The molecule has 3 rings (SSSR count). The molecule has 1 saturated heterocycles. The van der Waals surface area contributed by atoms with Crippen LogP contribution in [0.25, 0.3) is 0 Å². The first-order valence-corrected chi connectivity index (χ1v) is 7.92. The summed E-state index contributed by atoms with van der Waals surface area (Å²) >= 11 is 0. The largest absolute Gasteiger partial charge is 0.744 e. The number of quaternary nitrogens is 1. The van der Waals surface area contributed by atoms with Gasteiger partial charge in [0.05, 0.1) is 17.4 Å². The number of nitrogens with two attached hydrogens (primary N) is 1. The van der Waals surface area contributed by atoms with Gasteiger partial charge in [0, 0.05) is 6.54 Å². The molecule has 1 aromatic carbocycles. The van der Waals surface area contributed by atoms with Gasteiger partial charge in [-0.3, -0.25) is 10.3 Å².